The fourth-order valence-electron chi connectivity index (χ4n) is 6.93. The van der Waals surface area contributed by atoms with Gasteiger partial charge in [0, 0.05) is 0 Å². The van der Waals surface area contributed by atoms with Crippen LogP contribution >= 0.6 is 0 Å². The van der Waals surface area contributed by atoms with Crippen LogP contribution in [0, 0.1) is 28.6 Å². The summed E-state index contributed by atoms with van der Waals surface area (Å²) in [5, 5.41) is 30.6. The monoisotopic (exact) mass is 444 g/mol. The molecule has 32 heavy (non-hydrogen) atoms. The van der Waals surface area contributed by atoms with Crippen molar-refractivity contribution in [3.8, 4) is 0 Å². The van der Waals surface area contributed by atoms with Crippen LogP contribution < -0.4 is 0 Å². The van der Waals surface area contributed by atoms with Crippen molar-refractivity contribution in [1.29, 1.82) is 0 Å². The lowest BCUT2D eigenvalue weighted by Gasteiger charge is -2.48. The SMILES string of the molecule is C=C1[C@H](O)CC(=C/C=C2\CCC[C@@]3(C)C2CCC3C(C)C(C)(C)CCC(C)(C)O)C[C@H]1O. The summed E-state index contributed by atoms with van der Waals surface area (Å²) in [5.41, 5.74) is 3.22. The van der Waals surface area contributed by atoms with Gasteiger partial charge < -0.3 is 15.3 Å². The Kier molecular flexibility index (Phi) is 7.55. The summed E-state index contributed by atoms with van der Waals surface area (Å²) in [6.07, 6.45) is 12.6. The van der Waals surface area contributed by atoms with Gasteiger partial charge in [-0.25, -0.2) is 0 Å². The molecule has 0 aromatic rings. The minimum absolute atomic E-state index is 0.211. The Morgan fingerprint density at radius 2 is 1.69 bits per heavy atom. The van der Waals surface area contributed by atoms with Gasteiger partial charge in [-0.05, 0) is 106 Å². The zero-order valence-electron chi connectivity index (χ0n) is 21.5. The summed E-state index contributed by atoms with van der Waals surface area (Å²) in [6.45, 7) is 17.5. The number of rotatable bonds is 6. The van der Waals surface area contributed by atoms with Crippen molar-refractivity contribution in [2.75, 3.05) is 0 Å². The lowest BCUT2D eigenvalue weighted by molar-refractivity contribution is 0.0127. The normalized spacial score (nSPS) is 36.3. The van der Waals surface area contributed by atoms with Gasteiger partial charge in [0.25, 0.3) is 0 Å². The summed E-state index contributed by atoms with van der Waals surface area (Å²) in [6, 6.07) is 0. The molecule has 3 aliphatic rings. The highest BCUT2D eigenvalue weighted by Crippen LogP contribution is 2.61. The van der Waals surface area contributed by atoms with Crippen LogP contribution in [0.15, 0.2) is 35.5 Å². The molecule has 3 aliphatic carbocycles. The van der Waals surface area contributed by atoms with Crippen LogP contribution in [0.3, 0.4) is 0 Å². The number of fused-ring (bicyclic) bond motifs is 1. The summed E-state index contributed by atoms with van der Waals surface area (Å²) in [7, 11) is 0. The molecule has 0 amide bonds. The lowest BCUT2D eigenvalue weighted by Crippen LogP contribution is -2.40. The van der Waals surface area contributed by atoms with E-state index in [0.29, 0.717) is 41.6 Å². The number of hydrogen-bond acceptors (Lipinski definition) is 3. The molecule has 0 aliphatic heterocycles. The van der Waals surface area contributed by atoms with Gasteiger partial charge in [0.2, 0.25) is 0 Å². The molecular formula is C29H48O3. The van der Waals surface area contributed by atoms with E-state index in [0.717, 1.165) is 18.4 Å². The minimum atomic E-state index is -0.622. The van der Waals surface area contributed by atoms with Crippen molar-refractivity contribution in [3.63, 3.8) is 0 Å². The second-order valence-electron chi connectivity index (χ2n) is 12.8. The molecule has 0 saturated heterocycles. The van der Waals surface area contributed by atoms with E-state index in [2.05, 4.69) is 46.4 Å². The number of aliphatic hydroxyl groups excluding tert-OH is 2. The number of aliphatic hydroxyl groups is 3. The molecule has 182 valence electrons. The van der Waals surface area contributed by atoms with Crippen LogP contribution in [0.1, 0.15) is 99.3 Å². The third-order valence-electron chi connectivity index (χ3n) is 9.56. The molecule has 0 heterocycles. The molecule has 0 radical (unpaired) electrons. The van der Waals surface area contributed by atoms with E-state index in [-0.39, 0.29) is 5.41 Å². The predicted octanol–water partition coefficient (Wildman–Crippen LogP) is 6.34. The molecule has 3 fully saturated rings. The molecule has 3 saturated carbocycles. The van der Waals surface area contributed by atoms with Crippen LogP contribution in [0.2, 0.25) is 0 Å². The smallest absolute Gasteiger partial charge is 0.0809 e. The highest BCUT2D eigenvalue weighted by Gasteiger charge is 2.52. The van der Waals surface area contributed by atoms with Crippen molar-refractivity contribution >= 4 is 0 Å². The maximum atomic E-state index is 10.3. The van der Waals surface area contributed by atoms with Gasteiger partial charge in [-0.3, -0.25) is 0 Å². The molecular weight excluding hydrogens is 396 g/mol. The largest absolute Gasteiger partial charge is 0.390 e. The van der Waals surface area contributed by atoms with Crippen molar-refractivity contribution in [3.05, 3.63) is 35.5 Å². The van der Waals surface area contributed by atoms with E-state index in [4.69, 9.17) is 0 Å². The summed E-state index contributed by atoms with van der Waals surface area (Å²) >= 11 is 0. The molecule has 6 atom stereocenters. The maximum absolute atomic E-state index is 10.3. The third-order valence-corrected chi connectivity index (χ3v) is 9.56. The van der Waals surface area contributed by atoms with Gasteiger partial charge in [-0.1, -0.05) is 57.6 Å². The zero-order chi connectivity index (χ0) is 23.9. The van der Waals surface area contributed by atoms with Gasteiger partial charge >= 0.3 is 0 Å². The van der Waals surface area contributed by atoms with Crippen LogP contribution in [-0.4, -0.2) is 33.1 Å². The quantitative estimate of drug-likeness (QED) is 0.419. The maximum Gasteiger partial charge on any atom is 0.0809 e. The topological polar surface area (TPSA) is 60.7 Å². The standard InChI is InChI=1S/C29H48O3/c1-19-25(30)17-21(18-26(19)31)10-11-22-9-8-14-29(7)23(12-13-24(22)29)20(2)27(3,4)15-16-28(5,6)32/h10-11,20,23-26,30-32H,1,8-9,12-18H2,2-7H3/b22-11+/t20?,23?,24?,25-,26-,29-/m1/s1. The van der Waals surface area contributed by atoms with E-state index >= 15 is 0 Å². The molecule has 3 N–H and O–H groups in total. The Hall–Kier alpha value is -0.900. The fraction of sp³-hybridized carbons (Fsp3) is 0.793. The second kappa shape index (κ2) is 9.39. The van der Waals surface area contributed by atoms with E-state index in [1.165, 1.54) is 32.1 Å². The van der Waals surface area contributed by atoms with Gasteiger partial charge in [-0.2, -0.15) is 0 Å². The Bertz CT molecular complexity index is 737. The van der Waals surface area contributed by atoms with Crippen molar-refractivity contribution in [2.24, 2.45) is 28.6 Å². The van der Waals surface area contributed by atoms with Gasteiger partial charge in [-0.15, -0.1) is 0 Å². The van der Waals surface area contributed by atoms with Crippen LogP contribution in [-0.2, 0) is 0 Å². The molecule has 0 spiro atoms. The van der Waals surface area contributed by atoms with E-state index in [1.807, 2.05) is 13.8 Å². The highest BCUT2D eigenvalue weighted by atomic mass is 16.3. The molecule has 3 rings (SSSR count). The Balaban J connectivity index is 1.75. The van der Waals surface area contributed by atoms with Crippen molar-refractivity contribution < 1.29 is 15.3 Å². The molecule has 0 aromatic carbocycles. The minimum Gasteiger partial charge on any atom is -0.390 e. The van der Waals surface area contributed by atoms with Gasteiger partial charge in [0.1, 0.15) is 0 Å². The van der Waals surface area contributed by atoms with Crippen LogP contribution in [0.4, 0.5) is 0 Å². The Labute approximate surface area is 196 Å². The molecule has 3 unspecified atom stereocenters. The van der Waals surface area contributed by atoms with Crippen molar-refractivity contribution in [1.82, 2.24) is 0 Å². The first-order valence-corrected chi connectivity index (χ1v) is 12.9. The summed E-state index contributed by atoms with van der Waals surface area (Å²) in [4.78, 5) is 0. The predicted molar refractivity (Wildman–Crippen MR) is 133 cm³/mol. The van der Waals surface area contributed by atoms with E-state index in [1.54, 1.807) is 5.57 Å². The molecule has 3 heteroatoms. The summed E-state index contributed by atoms with van der Waals surface area (Å²) < 4.78 is 0. The first kappa shape index (κ1) is 25.7. The third kappa shape index (κ3) is 5.42. The second-order valence-corrected chi connectivity index (χ2v) is 12.8. The zero-order valence-corrected chi connectivity index (χ0v) is 21.5. The van der Waals surface area contributed by atoms with E-state index < -0.39 is 17.8 Å². The van der Waals surface area contributed by atoms with Crippen molar-refractivity contribution in [2.45, 2.75) is 117 Å². The molecule has 3 nitrogen and oxygen atoms in total. The average molecular weight is 445 g/mol. The Morgan fingerprint density at radius 1 is 1.06 bits per heavy atom. The number of allylic oxidation sites excluding steroid dienone is 3. The average Bonchev–Trinajstić information content (AvgIpc) is 3.05. The van der Waals surface area contributed by atoms with Crippen LogP contribution in [0.5, 0.6) is 0 Å². The Morgan fingerprint density at radius 3 is 2.28 bits per heavy atom. The van der Waals surface area contributed by atoms with Gasteiger partial charge in [0.15, 0.2) is 0 Å². The lowest BCUT2D eigenvalue weighted by atomic mass is 9.57. The first-order valence-electron chi connectivity index (χ1n) is 12.9. The fourth-order valence-corrected chi connectivity index (χ4v) is 6.93. The molecule has 0 bridgehead atoms. The number of hydrogen-bond donors (Lipinski definition) is 3. The van der Waals surface area contributed by atoms with Crippen LogP contribution in [0.25, 0.3) is 0 Å². The van der Waals surface area contributed by atoms with E-state index in [9.17, 15) is 15.3 Å². The first-order chi connectivity index (χ1) is 14.7. The highest BCUT2D eigenvalue weighted by molar-refractivity contribution is 5.29. The molecule has 0 aromatic heterocycles. The van der Waals surface area contributed by atoms with Gasteiger partial charge in [0.05, 0.1) is 17.8 Å². The summed E-state index contributed by atoms with van der Waals surface area (Å²) in [5.74, 6) is 1.97.